The minimum absolute atomic E-state index is 0.0606. The van der Waals surface area contributed by atoms with Crippen molar-refractivity contribution < 1.29 is 32.7 Å². The number of benzene rings is 2. The van der Waals surface area contributed by atoms with Crippen LogP contribution in [0.1, 0.15) is 64.4 Å². The van der Waals surface area contributed by atoms with Crippen LogP contribution < -0.4 is 19.1 Å². The van der Waals surface area contributed by atoms with Crippen LogP contribution in [0.2, 0.25) is 5.02 Å². The summed E-state index contributed by atoms with van der Waals surface area (Å²) in [6.07, 6.45) is 9.76. The van der Waals surface area contributed by atoms with Crippen LogP contribution in [0.5, 0.6) is 11.6 Å². The molecule has 0 radical (unpaired) electrons. The molecule has 1 fully saturated rings. The van der Waals surface area contributed by atoms with E-state index in [1.54, 1.807) is 33.4 Å². The molecule has 1 spiro atoms. The normalized spacial score (nSPS) is 30.5. The topological polar surface area (TPSA) is 134 Å². The van der Waals surface area contributed by atoms with Gasteiger partial charge in [0, 0.05) is 56.6 Å². The van der Waals surface area contributed by atoms with Gasteiger partial charge >= 0.3 is 0 Å². The summed E-state index contributed by atoms with van der Waals surface area (Å²) in [4.78, 5) is 30.1. The molecule has 1 saturated carbocycles. The minimum Gasteiger partial charge on any atom is -0.490 e. The number of nitrogens with zero attached hydrogens (tertiary/aromatic N) is 4. The molecule has 12 nitrogen and oxygen atoms in total. The quantitative estimate of drug-likeness (QED) is 0.322. The van der Waals surface area contributed by atoms with Crippen LogP contribution in [0.15, 0.2) is 59.1 Å². The third-order valence-corrected chi connectivity index (χ3v) is 13.6. The van der Waals surface area contributed by atoms with E-state index in [4.69, 9.17) is 30.5 Å². The number of ether oxygens (including phenoxy) is 4. The predicted octanol–water partition coefficient (Wildman–Crippen LogP) is 5.77. The fraction of sp³-hybridized carbons (Fsp3) is 0.513. The van der Waals surface area contributed by atoms with Gasteiger partial charge in [0.1, 0.15) is 21.2 Å². The Morgan fingerprint density at radius 3 is 2.62 bits per heavy atom. The average molecular weight is 766 g/mol. The Balaban J connectivity index is 1.33. The first-order valence-corrected chi connectivity index (χ1v) is 20.2. The average Bonchev–Trinajstić information content (AvgIpc) is 3.44. The van der Waals surface area contributed by atoms with Crippen molar-refractivity contribution in [3.8, 4) is 11.6 Å². The number of carbonyl (C=O) groups excluding carboxylic acids is 2. The number of hydrogen-bond donors (Lipinski definition) is 1. The highest BCUT2D eigenvalue weighted by molar-refractivity contribution is 7.92. The lowest BCUT2D eigenvalue weighted by Gasteiger charge is -2.46. The van der Waals surface area contributed by atoms with Gasteiger partial charge in [-0.05, 0) is 91.3 Å². The molecule has 7 atom stereocenters. The van der Waals surface area contributed by atoms with Crippen molar-refractivity contribution in [1.29, 1.82) is 0 Å². The number of anilines is 1. The number of methoxy groups -OCH3 is 3. The molecule has 3 aromatic rings. The number of hydrogen-bond acceptors (Lipinski definition) is 9. The molecule has 4 aliphatic rings. The maximum Gasteiger partial charge on any atom is 0.286 e. The Kier molecular flexibility index (Phi) is 10.6. The van der Waals surface area contributed by atoms with Crippen molar-refractivity contribution in [2.24, 2.45) is 29.2 Å². The van der Waals surface area contributed by atoms with Gasteiger partial charge < -0.3 is 23.8 Å². The van der Waals surface area contributed by atoms with Gasteiger partial charge in [0.15, 0.2) is 0 Å². The molecule has 2 aromatic carbocycles. The number of nitrogens with one attached hydrogen (secondary N) is 1. The second-order valence-corrected chi connectivity index (χ2v) is 17.3. The zero-order chi connectivity index (χ0) is 37.5. The lowest BCUT2D eigenvalue weighted by molar-refractivity contribution is 0.0120. The number of carbonyl (C=O) groups is 2. The number of rotatable bonds is 5. The molecule has 0 saturated heterocycles. The lowest BCUT2D eigenvalue weighted by Crippen LogP contribution is -2.49. The molecular formula is C39H48ClN5O7S. The summed E-state index contributed by atoms with van der Waals surface area (Å²) in [5.41, 5.74) is 3.31. The summed E-state index contributed by atoms with van der Waals surface area (Å²) in [6.45, 7) is 3.76. The van der Waals surface area contributed by atoms with Crippen molar-refractivity contribution in [3.63, 3.8) is 0 Å². The van der Waals surface area contributed by atoms with Crippen LogP contribution in [0.4, 0.5) is 5.69 Å². The molecule has 3 heterocycles. The second kappa shape index (κ2) is 15.1. The van der Waals surface area contributed by atoms with E-state index in [0.717, 1.165) is 49.4 Å². The van der Waals surface area contributed by atoms with Gasteiger partial charge in [0.2, 0.25) is 5.88 Å². The van der Waals surface area contributed by atoms with Crippen LogP contribution >= 0.6 is 11.6 Å². The van der Waals surface area contributed by atoms with E-state index in [0.29, 0.717) is 24.8 Å². The SMILES string of the molecule is COc1nn(C)cc1C(=O)NS1(=O)=NC(=O)c2ccc3c(c2)N(C[C@@H]2CC[C@H]2[C@@H](OC)/C=C/[C@H](OC)[C@H](C)C1)C[C@@]1(CCCc2cc(Cl)ccc21)CO3. The van der Waals surface area contributed by atoms with Crippen LogP contribution in [-0.2, 0) is 38.3 Å². The number of amides is 2. The fourth-order valence-corrected chi connectivity index (χ4v) is 10.7. The first-order valence-electron chi connectivity index (χ1n) is 18.2. The molecule has 2 bridgehead atoms. The first-order chi connectivity index (χ1) is 25.4. The van der Waals surface area contributed by atoms with E-state index >= 15 is 0 Å². The Morgan fingerprint density at radius 2 is 1.89 bits per heavy atom. The fourth-order valence-electron chi connectivity index (χ4n) is 8.61. The van der Waals surface area contributed by atoms with Gasteiger partial charge in [-0.25, -0.2) is 4.21 Å². The van der Waals surface area contributed by atoms with Gasteiger partial charge in [0.05, 0.1) is 37.4 Å². The van der Waals surface area contributed by atoms with Crippen molar-refractivity contribution in [2.75, 3.05) is 51.7 Å². The van der Waals surface area contributed by atoms with Gasteiger partial charge in [-0.1, -0.05) is 36.7 Å². The minimum atomic E-state index is -3.72. The summed E-state index contributed by atoms with van der Waals surface area (Å²) >= 11 is 6.46. The second-order valence-electron chi connectivity index (χ2n) is 14.9. The maximum atomic E-state index is 14.8. The highest BCUT2D eigenvalue weighted by atomic mass is 35.5. The molecule has 284 valence electrons. The molecule has 14 heteroatoms. The monoisotopic (exact) mass is 765 g/mol. The molecule has 2 amide bonds. The van der Waals surface area contributed by atoms with Crippen LogP contribution in [-0.4, -0.2) is 84.8 Å². The summed E-state index contributed by atoms with van der Waals surface area (Å²) < 4.78 is 46.9. The van der Waals surface area contributed by atoms with Crippen molar-refractivity contribution >= 4 is 39.0 Å². The largest absolute Gasteiger partial charge is 0.490 e. The van der Waals surface area contributed by atoms with E-state index in [1.807, 2.05) is 31.2 Å². The third kappa shape index (κ3) is 7.45. The molecule has 2 aliphatic carbocycles. The number of aryl methyl sites for hydroxylation is 2. The number of fused-ring (bicyclic) bond motifs is 4. The predicted molar refractivity (Wildman–Crippen MR) is 203 cm³/mol. The first kappa shape index (κ1) is 37.4. The van der Waals surface area contributed by atoms with Crippen LogP contribution in [0.3, 0.4) is 0 Å². The number of halogens is 1. The molecule has 1 N–H and O–H groups in total. The highest BCUT2D eigenvalue weighted by Gasteiger charge is 2.44. The standard InChI is InChI=1S/C39H48ClN5O7S/c1-24-21-53(48,43-37(47)30-20-44(2)41-38(30)51-5)42-36(46)26-9-13-35-32(18-26)45(19-27-8-11-29(27)34(50-4)15-14-33(24)49-3)22-39(23-52-35)16-6-7-25-17-28(40)10-12-31(25)39/h9-10,12-15,17-18,20,24,27,29,33-34H,6-8,11,16,19,21-23H2,1-5H3,(H,42,43,46,47,48)/b15-14+/t24-,27+,29-,33+,34+,39+,53?/m1/s1. The van der Waals surface area contributed by atoms with Crippen molar-refractivity contribution in [2.45, 2.75) is 56.7 Å². The van der Waals surface area contributed by atoms with Crippen LogP contribution in [0, 0.1) is 17.8 Å². The van der Waals surface area contributed by atoms with E-state index in [2.05, 4.69) is 31.2 Å². The van der Waals surface area contributed by atoms with Crippen molar-refractivity contribution in [1.82, 2.24) is 14.5 Å². The van der Waals surface area contributed by atoms with Gasteiger partial charge in [-0.2, -0.15) is 0 Å². The smallest absolute Gasteiger partial charge is 0.286 e. The van der Waals surface area contributed by atoms with Gasteiger partial charge in [-0.15, -0.1) is 9.46 Å². The van der Waals surface area contributed by atoms with Gasteiger partial charge in [0.25, 0.3) is 11.8 Å². The van der Waals surface area contributed by atoms with E-state index in [1.165, 1.54) is 29.1 Å². The number of aromatic nitrogens is 2. The molecule has 1 aromatic heterocycles. The Bertz CT molecular complexity index is 2040. The zero-order valence-electron chi connectivity index (χ0n) is 30.9. The molecular weight excluding hydrogens is 718 g/mol. The molecule has 1 unspecified atom stereocenters. The highest BCUT2D eigenvalue weighted by Crippen LogP contribution is 2.47. The molecule has 7 rings (SSSR count). The summed E-state index contributed by atoms with van der Waals surface area (Å²) in [7, 11) is 2.63. The summed E-state index contributed by atoms with van der Waals surface area (Å²) in [6, 6.07) is 11.5. The zero-order valence-corrected chi connectivity index (χ0v) is 32.5. The van der Waals surface area contributed by atoms with Gasteiger partial charge in [-0.3, -0.25) is 19.0 Å². The van der Waals surface area contributed by atoms with E-state index in [-0.39, 0.29) is 40.2 Å². The Labute approximate surface area is 316 Å². The van der Waals surface area contributed by atoms with Crippen LogP contribution in [0.25, 0.3) is 0 Å². The van der Waals surface area contributed by atoms with E-state index in [9.17, 15) is 13.8 Å². The maximum absolute atomic E-state index is 14.8. The third-order valence-electron chi connectivity index (χ3n) is 11.4. The lowest BCUT2D eigenvalue weighted by atomic mass is 9.68. The molecule has 53 heavy (non-hydrogen) atoms. The molecule has 2 aliphatic heterocycles. The Morgan fingerprint density at radius 1 is 1.09 bits per heavy atom. The van der Waals surface area contributed by atoms with E-state index < -0.39 is 33.8 Å². The van der Waals surface area contributed by atoms with Crippen molar-refractivity contribution in [3.05, 3.63) is 82.0 Å². The summed E-state index contributed by atoms with van der Waals surface area (Å²) in [5, 5.41) is 4.88. The Hall–Kier alpha value is -3.91. The summed E-state index contributed by atoms with van der Waals surface area (Å²) in [5.74, 6) is -0.688.